The van der Waals surface area contributed by atoms with E-state index in [0.29, 0.717) is 0 Å². The Balaban J connectivity index is 0. The van der Waals surface area contributed by atoms with E-state index < -0.39 is 10.4 Å². The van der Waals surface area contributed by atoms with Gasteiger partial charge in [0.1, 0.15) is 0 Å². The van der Waals surface area contributed by atoms with Crippen molar-refractivity contribution in [2.75, 3.05) is 6.54 Å². The molecule has 1 fully saturated rings. The van der Waals surface area contributed by atoms with E-state index in [1.165, 1.54) is 12.8 Å². The van der Waals surface area contributed by atoms with Crippen molar-refractivity contribution in [3.8, 4) is 0 Å². The summed E-state index contributed by atoms with van der Waals surface area (Å²) in [6.45, 7) is 1.11. The monoisotopic (exact) mass is 393 g/mol. The maximum absolute atomic E-state index is 8.74. The van der Waals surface area contributed by atoms with Crippen LogP contribution in [0.3, 0.4) is 0 Å². The minimum absolute atomic E-state index is 0. The van der Waals surface area contributed by atoms with E-state index in [1.54, 1.807) is 0 Å². The number of piperidine rings is 1. The van der Waals surface area contributed by atoms with Crippen molar-refractivity contribution in [2.24, 2.45) is 5.73 Å². The predicted octanol–water partition coefficient (Wildman–Crippen LogP) is -0.611. The molecule has 13 heavy (non-hydrogen) atoms. The molecule has 0 aromatic rings. The quantitative estimate of drug-likeness (QED) is 0.409. The van der Waals surface area contributed by atoms with Crippen LogP contribution in [0, 0.1) is 0 Å². The van der Waals surface area contributed by atoms with Crippen LogP contribution in [0.1, 0.15) is 19.3 Å². The molecule has 0 aromatic carbocycles. The van der Waals surface area contributed by atoms with E-state index in [9.17, 15) is 0 Å². The number of nitrogens with two attached hydrogens (primary N) is 1. The van der Waals surface area contributed by atoms with E-state index in [4.69, 9.17) is 23.3 Å². The van der Waals surface area contributed by atoms with Crippen LogP contribution in [0.25, 0.3) is 0 Å². The molecular formula is C5H14N2O4PtS. The third-order valence-corrected chi connectivity index (χ3v) is 1.35. The minimum Gasteiger partial charge on any atom is -0.316 e. The van der Waals surface area contributed by atoms with Gasteiger partial charge in [-0.15, -0.1) is 0 Å². The van der Waals surface area contributed by atoms with Crippen LogP contribution in [-0.4, -0.2) is 30.2 Å². The van der Waals surface area contributed by atoms with E-state index >= 15 is 0 Å². The van der Waals surface area contributed by atoms with E-state index in [1.807, 2.05) is 0 Å². The van der Waals surface area contributed by atoms with Gasteiger partial charge in [0.15, 0.2) is 0 Å². The van der Waals surface area contributed by atoms with E-state index in [2.05, 4.69) is 5.32 Å². The Morgan fingerprint density at radius 1 is 1.31 bits per heavy atom. The Bertz CT molecular complexity index is 195. The van der Waals surface area contributed by atoms with Gasteiger partial charge in [-0.05, 0) is 25.8 Å². The molecular weight excluding hydrogens is 379 g/mol. The summed E-state index contributed by atoms with van der Waals surface area (Å²) in [6.07, 6.45) is 4.04. The molecule has 1 atom stereocenters. The SMILES string of the molecule is NC1CCCCN1.O=S(=O)(O)O.[Pt]. The number of hydrogen-bond donors (Lipinski definition) is 4. The molecule has 0 saturated carbocycles. The predicted molar refractivity (Wildman–Crippen MR) is 44.0 cm³/mol. The first-order valence-corrected chi connectivity index (χ1v) is 4.98. The van der Waals surface area contributed by atoms with Crippen LogP contribution in [-0.2, 0) is 31.5 Å². The summed E-state index contributed by atoms with van der Waals surface area (Å²) >= 11 is 0. The van der Waals surface area contributed by atoms with Crippen molar-refractivity contribution < 1.29 is 38.6 Å². The molecule has 0 aliphatic carbocycles. The van der Waals surface area contributed by atoms with Crippen molar-refractivity contribution in [1.29, 1.82) is 0 Å². The second-order valence-corrected chi connectivity index (χ2v) is 3.40. The molecule has 1 aliphatic rings. The van der Waals surface area contributed by atoms with Crippen LogP contribution < -0.4 is 11.1 Å². The third kappa shape index (κ3) is 19.1. The first kappa shape index (κ1) is 15.9. The molecule has 1 saturated heterocycles. The van der Waals surface area contributed by atoms with Gasteiger partial charge in [0.2, 0.25) is 0 Å². The molecule has 0 bridgehead atoms. The maximum Gasteiger partial charge on any atom is 0.394 e. The summed E-state index contributed by atoms with van der Waals surface area (Å²) < 4.78 is 31.6. The molecule has 0 radical (unpaired) electrons. The Morgan fingerprint density at radius 2 is 1.77 bits per heavy atom. The van der Waals surface area contributed by atoms with Gasteiger partial charge in [-0.1, -0.05) is 0 Å². The topological polar surface area (TPSA) is 113 Å². The maximum atomic E-state index is 8.74. The zero-order valence-electron chi connectivity index (χ0n) is 6.92. The summed E-state index contributed by atoms with van der Waals surface area (Å²) in [5, 5.41) is 3.16. The smallest absolute Gasteiger partial charge is 0.316 e. The normalized spacial score (nSPS) is 22.2. The molecule has 0 aromatic heterocycles. The Hall–Kier alpha value is 0.478. The van der Waals surface area contributed by atoms with Crippen molar-refractivity contribution in [1.82, 2.24) is 5.32 Å². The van der Waals surface area contributed by atoms with Crippen LogP contribution in [0.15, 0.2) is 0 Å². The second kappa shape index (κ2) is 7.84. The fraction of sp³-hybridized carbons (Fsp3) is 1.00. The Morgan fingerprint density at radius 3 is 1.92 bits per heavy atom. The largest absolute Gasteiger partial charge is 0.394 e. The van der Waals surface area contributed by atoms with Crippen LogP contribution in [0.4, 0.5) is 0 Å². The molecule has 0 amide bonds. The molecule has 1 unspecified atom stereocenters. The summed E-state index contributed by atoms with van der Waals surface area (Å²) in [4.78, 5) is 0. The van der Waals surface area contributed by atoms with E-state index in [0.717, 1.165) is 13.0 Å². The molecule has 1 rings (SSSR count). The van der Waals surface area contributed by atoms with Crippen LogP contribution >= 0.6 is 0 Å². The fourth-order valence-corrected chi connectivity index (χ4v) is 0.879. The van der Waals surface area contributed by atoms with Gasteiger partial charge < -0.3 is 11.1 Å². The minimum atomic E-state index is -4.67. The average Bonchev–Trinajstić information content (AvgIpc) is 1.85. The zero-order chi connectivity index (χ0) is 9.61. The Kier molecular flexibility index (Phi) is 9.61. The van der Waals surface area contributed by atoms with Gasteiger partial charge in [-0.3, -0.25) is 9.11 Å². The van der Waals surface area contributed by atoms with Gasteiger partial charge in [0.05, 0.1) is 6.17 Å². The van der Waals surface area contributed by atoms with Crippen molar-refractivity contribution in [2.45, 2.75) is 25.4 Å². The van der Waals surface area contributed by atoms with Gasteiger partial charge >= 0.3 is 10.4 Å². The second-order valence-electron chi connectivity index (χ2n) is 2.50. The molecule has 84 valence electrons. The molecule has 8 heteroatoms. The van der Waals surface area contributed by atoms with Gasteiger partial charge in [0.25, 0.3) is 0 Å². The van der Waals surface area contributed by atoms with Crippen molar-refractivity contribution in [3.05, 3.63) is 0 Å². The van der Waals surface area contributed by atoms with Gasteiger partial charge in [-0.2, -0.15) is 8.42 Å². The van der Waals surface area contributed by atoms with Crippen molar-refractivity contribution in [3.63, 3.8) is 0 Å². The standard InChI is InChI=1S/C5H12N2.H2O4S.Pt/c6-5-3-1-2-4-7-5;1-5(2,3)4;/h5,7H,1-4,6H2;(H2,1,2,3,4);. The summed E-state index contributed by atoms with van der Waals surface area (Å²) in [6, 6.07) is 0. The Labute approximate surface area is 92.1 Å². The molecule has 5 N–H and O–H groups in total. The zero-order valence-corrected chi connectivity index (χ0v) is 10.0. The van der Waals surface area contributed by atoms with Gasteiger partial charge in [0, 0.05) is 21.1 Å². The number of nitrogens with one attached hydrogen (secondary N) is 1. The molecule has 1 heterocycles. The first-order chi connectivity index (χ1) is 5.39. The van der Waals surface area contributed by atoms with Gasteiger partial charge in [-0.25, -0.2) is 0 Å². The fourth-order valence-electron chi connectivity index (χ4n) is 0.879. The summed E-state index contributed by atoms with van der Waals surface area (Å²) in [7, 11) is -4.67. The van der Waals surface area contributed by atoms with Crippen molar-refractivity contribution >= 4 is 10.4 Å². The molecule has 6 nitrogen and oxygen atoms in total. The van der Waals surface area contributed by atoms with Crippen LogP contribution in [0.5, 0.6) is 0 Å². The summed E-state index contributed by atoms with van der Waals surface area (Å²) in [5.41, 5.74) is 5.52. The number of rotatable bonds is 0. The molecule has 1 aliphatic heterocycles. The first-order valence-electron chi connectivity index (χ1n) is 3.58. The average molecular weight is 393 g/mol. The van der Waals surface area contributed by atoms with E-state index in [-0.39, 0.29) is 27.2 Å². The summed E-state index contributed by atoms with van der Waals surface area (Å²) in [5.74, 6) is 0. The number of hydrogen-bond acceptors (Lipinski definition) is 4. The third-order valence-electron chi connectivity index (χ3n) is 1.35. The molecule has 0 spiro atoms. The van der Waals surface area contributed by atoms with Crippen LogP contribution in [0.2, 0.25) is 0 Å².